The van der Waals surface area contributed by atoms with Gasteiger partial charge in [-0.1, -0.05) is 49.6 Å². The SMILES string of the molecule is CN(C(=O)CNC(=O)NC1CCCCC1)C(Cc1ccccc1)C(=O)O. The number of hydrogen-bond acceptors (Lipinski definition) is 3. The van der Waals surface area contributed by atoms with Gasteiger partial charge in [0.25, 0.3) is 0 Å². The third kappa shape index (κ3) is 6.06. The van der Waals surface area contributed by atoms with Gasteiger partial charge in [0.2, 0.25) is 5.91 Å². The molecule has 0 saturated heterocycles. The fraction of sp³-hybridized carbons (Fsp3) is 0.526. The minimum Gasteiger partial charge on any atom is -0.480 e. The van der Waals surface area contributed by atoms with Crippen molar-refractivity contribution in [1.29, 1.82) is 0 Å². The van der Waals surface area contributed by atoms with Gasteiger partial charge in [-0.2, -0.15) is 0 Å². The van der Waals surface area contributed by atoms with Crippen LogP contribution in [-0.2, 0) is 16.0 Å². The average molecular weight is 361 g/mol. The lowest BCUT2D eigenvalue weighted by molar-refractivity contribution is -0.148. The third-order valence-electron chi connectivity index (χ3n) is 4.76. The molecule has 0 spiro atoms. The highest BCUT2D eigenvalue weighted by atomic mass is 16.4. The number of likely N-dealkylation sites (N-methyl/N-ethyl adjacent to an activating group) is 1. The van der Waals surface area contributed by atoms with Gasteiger partial charge in [0, 0.05) is 19.5 Å². The van der Waals surface area contributed by atoms with E-state index in [0.29, 0.717) is 0 Å². The minimum absolute atomic E-state index is 0.154. The number of carbonyl (C=O) groups is 3. The second-order valence-corrected chi connectivity index (χ2v) is 6.71. The van der Waals surface area contributed by atoms with E-state index in [2.05, 4.69) is 10.6 Å². The van der Waals surface area contributed by atoms with Gasteiger partial charge in [-0.25, -0.2) is 9.59 Å². The van der Waals surface area contributed by atoms with Gasteiger partial charge in [0.1, 0.15) is 6.04 Å². The van der Waals surface area contributed by atoms with E-state index in [9.17, 15) is 19.5 Å². The molecule has 0 bridgehead atoms. The zero-order chi connectivity index (χ0) is 18.9. The van der Waals surface area contributed by atoms with Crippen LogP contribution < -0.4 is 10.6 Å². The highest BCUT2D eigenvalue weighted by Gasteiger charge is 2.27. The smallest absolute Gasteiger partial charge is 0.326 e. The number of rotatable bonds is 7. The van der Waals surface area contributed by atoms with E-state index in [1.165, 1.54) is 18.4 Å². The lowest BCUT2D eigenvalue weighted by Crippen LogP contribution is -2.50. The summed E-state index contributed by atoms with van der Waals surface area (Å²) in [4.78, 5) is 37.0. The standard InChI is InChI=1S/C19H27N3O4/c1-22(16(18(24)25)12-14-8-4-2-5-9-14)17(23)13-20-19(26)21-15-10-6-3-7-11-15/h2,4-5,8-9,15-16H,3,6-7,10-13H2,1H3,(H,24,25)(H2,20,21,26). The Labute approximate surface area is 153 Å². The Hall–Kier alpha value is -2.57. The predicted molar refractivity (Wildman–Crippen MR) is 97.7 cm³/mol. The van der Waals surface area contributed by atoms with Crippen molar-refractivity contribution in [2.75, 3.05) is 13.6 Å². The quantitative estimate of drug-likeness (QED) is 0.689. The Kier molecular flexibility index (Phi) is 7.44. The molecule has 1 atom stereocenters. The molecule has 1 aliphatic carbocycles. The summed E-state index contributed by atoms with van der Waals surface area (Å²) in [5.41, 5.74) is 0.836. The average Bonchev–Trinajstić information content (AvgIpc) is 2.65. The number of urea groups is 1. The van der Waals surface area contributed by atoms with E-state index in [4.69, 9.17) is 0 Å². The van der Waals surface area contributed by atoms with Crippen molar-refractivity contribution in [2.24, 2.45) is 0 Å². The zero-order valence-corrected chi connectivity index (χ0v) is 15.1. The number of amides is 3. The Bertz CT molecular complexity index is 614. The maximum atomic E-state index is 12.3. The maximum absolute atomic E-state index is 12.3. The summed E-state index contributed by atoms with van der Waals surface area (Å²) in [6.07, 6.45) is 5.53. The van der Waals surface area contributed by atoms with Crippen LogP contribution in [0.3, 0.4) is 0 Å². The van der Waals surface area contributed by atoms with Gasteiger partial charge in [0.05, 0.1) is 6.54 Å². The summed E-state index contributed by atoms with van der Waals surface area (Å²) < 4.78 is 0. The number of carbonyl (C=O) groups excluding carboxylic acids is 2. The molecule has 1 saturated carbocycles. The van der Waals surface area contributed by atoms with E-state index in [1.54, 1.807) is 0 Å². The van der Waals surface area contributed by atoms with Gasteiger partial charge >= 0.3 is 12.0 Å². The van der Waals surface area contributed by atoms with Gasteiger partial charge in [0.15, 0.2) is 0 Å². The number of aliphatic carboxylic acids is 1. The normalized spacial score (nSPS) is 15.7. The Balaban J connectivity index is 1.83. The highest BCUT2D eigenvalue weighted by molar-refractivity contribution is 5.87. The molecule has 2 rings (SSSR count). The lowest BCUT2D eigenvalue weighted by Gasteiger charge is -2.26. The van der Waals surface area contributed by atoms with E-state index in [0.717, 1.165) is 31.2 Å². The number of hydrogen-bond donors (Lipinski definition) is 3. The molecule has 0 aliphatic heterocycles. The van der Waals surface area contributed by atoms with Gasteiger partial charge in [-0.3, -0.25) is 4.79 Å². The molecule has 1 fully saturated rings. The van der Waals surface area contributed by atoms with Crippen LogP contribution >= 0.6 is 0 Å². The van der Waals surface area contributed by atoms with Crippen LogP contribution in [0.1, 0.15) is 37.7 Å². The van der Waals surface area contributed by atoms with Gasteiger partial charge in [-0.05, 0) is 18.4 Å². The molecule has 1 aromatic carbocycles. The van der Waals surface area contributed by atoms with Crippen molar-refractivity contribution >= 4 is 17.9 Å². The molecule has 1 aromatic rings. The van der Waals surface area contributed by atoms with Crippen LogP contribution in [0.4, 0.5) is 4.79 Å². The lowest BCUT2D eigenvalue weighted by atomic mass is 9.96. The molecule has 3 N–H and O–H groups in total. The Morgan fingerprint density at radius 3 is 2.42 bits per heavy atom. The van der Waals surface area contributed by atoms with Crippen molar-refractivity contribution < 1.29 is 19.5 Å². The number of carboxylic acids is 1. The number of nitrogens with zero attached hydrogens (tertiary/aromatic N) is 1. The highest BCUT2D eigenvalue weighted by Crippen LogP contribution is 2.17. The molecule has 142 valence electrons. The van der Waals surface area contributed by atoms with Crippen molar-refractivity contribution in [1.82, 2.24) is 15.5 Å². The van der Waals surface area contributed by atoms with Crippen LogP contribution in [0.5, 0.6) is 0 Å². The van der Waals surface area contributed by atoms with E-state index >= 15 is 0 Å². The molecular formula is C19H27N3O4. The van der Waals surface area contributed by atoms with Crippen LogP contribution in [0, 0.1) is 0 Å². The monoisotopic (exact) mass is 361 g/mol. The first-order chi connectivity index (χ1) is 12.5. The summed E-state index contributed by atoms with van der Waals surface area (Å²) in [7, 11) is 1.45. The first-order valence-electron chi connectivity index (χ1n) is 9.04. The van der Waals surface area contributed by atoms with E-state index in [1.807, 2.05) is 30.3 Å². The summed E-state index contributed by atoms with van der Waals surface area (Å²) in [5, 5.41) is 14.9. The fourth-order valence-electron chi connectivity index (χ4n) is 3.17. The van der Waals surface area contributed by atoms with Gasteiger partial charge < -0.3 is 20.6 Å². The van der Waals surface area contributed by atoms with E-state index < -0.39 is 17.9 Å². The molecule has 0 heterocycles. The molecule has 26 heavy (non-hydrogen) atoms. The van der Waals surface area contributed by atoms with Gasteiger partial charge in [-0.15, -0.1) is 0 Å². The number of nitrogens with one attached hydrogen (secondary N) is 2. The topological polar surface area (TPSA) is 98.7 Å². The predicted octanol–water partition coefficient (Wildman–Crippen LogP) is 1.77. The summed E-state index contributed by atoms with van der Waals surface area (Å²) in [6, 6.07) is 7.95. The second kappa shape index (κ2) is 9.79. The van der Waals surface area contributed by atoms with Crippen LogP contribution in [0.25, 0.3) is 0 Å². The molecule has 1 aliphatic rings. The third-order valence-corrected chi connectivity index (χ3v) is 4.76. The number of carboxylic acid groups (broad SMARTS) is 1. The second-order valence-electron chi connectivity index (χ2n) is 6.71. The fourth-order valence-corrected chi connectivity index (χ4v) is 3.17. The molecule has 1 unspecified atom stereocenters. The molecular weight excluding hydrogens is 334 g/mol. The minimum atomic E-state index is -1.07. The molecule has 3 amide bonds. The zero-order valence-electron chi connectivity index (χ0n) is 15.1. The van der Waals surface area contributed by atoms with Crippen molar-refractivity contribution in [3.8, 4) is 0 Å². The molecule has 0 aromatic heterocycles. The van der Waals surface area contributed by atoms with Crippen LogP contribution in [0.15, 0.2) is 30.3 Å². The first kappa shape index (κ1) is 19.8. The number of benzene rings is 1. The maximum Gasteiger partial charge on any atom is 0.326 e. The first-order valence-corrected chi connectivity index (χ1v) is 9.04. The van der Waals surface area contributed by atoms with Crippen molar-refractivity contribution in [2.45, 2.75) is 50.6 Å². The Morgan fingerprint density at radius 2 is 1.81 bits per heavy atom. The van der Waals surface area contributed by atoms with Crippen LogP contribution in [0.2, 0.25) is 0 Å². The molecule has 7 nitrogen and oxygen atoms in total. The van der Waals surface area contributed by atoms with Crippen molar-refractivity contribution in [3.63, 3.8) is 0 Å². The molecule has 7 heteroatoms. The largest absolute Gasteiger partial charge is 0.480 e. The Morgan fingerprint density at radius 1 is 1.15 bits per heavy atom. The summed E-state index contributed by atoms with van der Waals surface area (Å²) in [5.74, 6) is -1.51. The summed E-state index contributed by atoms with van der Waals surface area (Å²) in [6.45, 7) is -0.229. The van der Waals surface area contributed by atoms with Crippen molar-refractivity contribution in [3.05, 3.63) is 35.9 Å². The van der Waals surface area contributed by atoms with Crippen LogP contribution in [-0.4, -0.2) is 53.6 Å². The van der Waals surface area contributed by atoms with E-state index in [-0.39, 0.29) is 25.0 Å². The molecule has 0 radical (unpaired) electrons. The summed E-state index contributed by atoms with van der Waals surface area (Å²) >= 11 is 0.